The van der Waals surface area contributed by atoms with Gasteiger partial charge in [-0.15, -0.1) is 0 Å². The smallest absolute Gasteiger partial charge is 0.496 e. The number of methoxy groups -OCH3 is 1. The second kappa shape index (κ2) is 6.89. The lowest BCUT2D eigenvalue weighted by atomic mass is 10.1. The first-order valence-corrected chi connectivity index (χ1v) is 7.83. The van der Waals surface area contributed by atoms with Crippen LogP contribution >= 0.6 is 0 Å². The maximum Gasteiger partial charge on any atom is 0.500 e. The van der Waals surface area contributed by atoms with Crippen LogP contribution in [0.4, 0.5) is 0 Å². The van der Waals surface area contributed by atoms with Crippen molar-refractivity contribution < 1.29 is 18.0 Å². The van der Waals surface area contributed by atoms with Gasteiger partial charge < -0.3 is 18.0 Å². The summed E-state index contributed by atoms with van der Waals surface area (Å²) in [5.41, 5.74) is 2.33. The monoisotopic (exact) mass is 270 g/mol. The molecule has 0 bridgehead atoms. The summed E-state index contributed by atoms with van der Waals surface area (Å²) in [5, 5.41) is 0. The minimum Gasteiger partial charge on any atom is -0.496 e. The predicted molar refractivity (Wildman–Crippen MR) is 73.0 cm³/mol. The third-order valence-corrected chi connectivity index (χ3v) is 5.85. The average molecular weight is 270 g/mol. The van der Waals surface area contributed by atoms with Crippen LogP contribution in [0.15, 0.2) is 18.2 Å². The Kier molecular flexibility index (Phi) is 5.81. The minimum atomic E-state index is -2.48. The summed E-state index contributed by atoms with van der Waals surface area (Å²) in [5.74, 6) is 0.909. The standard InChI is InChI=1S/C13H22O4Si/c1-11-6-7-12(10-13(11)14-2)8-9-18(15-3,16-4)17-5/h6-7,10H,8-9H2,1-5H3. The Hall–Kier alpha value is -0.883. The zero-order valence-electron chi connectivity index (χ0n) is 11.8. The highest BCUT2D eigenvalue weighted by atomic mass is 28.4. The van der Waals surface area contributed by atoms with Gasteiger partial charge in [-0.3, -0.25) is 0 Å². The van der Waals surface area contributed by atoms with E-state index >= 15 is 0 Å². The fraction of sp³-hybridized carbons (Fsp3) is 0.538. The van der Waals surface area contributed by atoms with E-state index in [4.69, 9.17) is 18.0 Å². The molecule has 102 valence electrons. The molecule has 0 aromatic heterocycles. The third kappa shape index (κ3) is 3.55. The van der Waals surface area contributed by atoms with Crippen molar-refractivity contribution in [3.63, 3.8) is 0 Å². The Bertz CT molecular complexity index is 369. The van der Waals surface area contributed by atoms with E-state index in [-0.39, 0.29) is 0 Å². The van der Waals surface area contributed by atoms with Crippen LogP contribution in [0.25, 0.3) is 0 Å². The van der Waals surface area contributed by atoms with E-state index in [9.17, 15) is 0 Å². The van der Waals surface area contributed by atoms with Crippen molar-refractivity contribution in [1.82, 2.24) is 0 Å². The molecule has 1 rings (SSSR count). The number of aryl methyl sites for hydroxylation is 2. The van der Waals surface area contributed by atoms with Gasteiger partial charge in [-0.05, 0) is 30.5 Å². The molecule has 0 fully saturated rings. The predicted octanol–water partition coefficient (Wildman–Crippen LogP) is 2.42. The summed E-state index contributed by atoms with van der Waals surface area (Å²) < 4.78 is 21.5. The second-order valence-electron chi connectivity index (χ2n) is 4.10. The van der Waals surface area contributed by atoms with Crippen LogP contribution in [0.1, 0.15) is 11.1 Å². The SMILES string of the molecule is COc1cc(CC[Si](OC)(OC)OC)ccc1C. The van der Waals surface area contributed by atoms with Gasteiger partial charge in [-0.1, -0.05) is 12.1 Å². The molecular formula is C13H22O4Si. The molecule has 0 radical (unpaired) electrons. The molecule has 0 spiro atoms. The first-order chi connectivity index (χ1) is 8.60. The van der Waals surface area contributed by atoms with Gasteiger partial charge in [0, 0.05) is 27.4 Å². The van der Waals surface area contributed by atoms with E-state index in [2.05, 4.69) is 18.2 Å². The number of hydrogen-bond donors (Lipinski definition) is 0. The summed E-state index contributed by atoms with van der Waals surface area (Å²) in [6.45, 7) is 2.03. The lowest BCUT2D eigenvalue weighted by molar-refractivity contribution is 0.123. The van der Waals surface area contributed by atoms with Gasteiger partial charge in [0.1, 0.15) is 5.75 Å². The average Bonchev–Trinajstić information content (AvgIpc) is 2.42. The zero-order valence-corrected chi connectivity index (χ0v) is 12.8. The number of ether oxygens (including phenoxy) is 1. The number of rotatable bonds is 7. The molecule has 0 saturated carbocycles. The van der Waals surface area contributed by atoms with Crippen molar-refractivity contribution in [3.05, 3.63) is 29.3 Å². The third-order valence-electron chi connectivity index (χ3n) is 3.13. The van der Waals surface area contributed by atoms with Crippen molar-refractivity contribution >= 4 is 8.80 Å². The molecule has 1 aromatic carbocycles. The summed E-state index contributed by atoms with van der Waals surface area (Å²) >= 11 is 0. The Morgan fingerprint density at radius 3 is 2.11 bits per heavy atom. The van der Waals surface area contributed by atoms with Gasteiger partial charge >= 0.3 is 8.80 Å². The lowest BCUT2D eigenvalue weighted by Gasteiger charge is -2.24. The van der Waals surface area contributed by atoms with Crippen molar-refractivity contribution in [3.8, 4) is 5.75 Å². The topological polar surface area (TPSA) is 36.9 Å². The molecule has 0 atom stereocenters. The summed E-state index contributed by atoms with van der Waals surface area (Å²) in [4.78, 5) is 0. The zero-order chi connectivity index (χ0) is 13.6. The number of hydrogen-bond acceptors (Lipinski definition) is 4. The summed E-state index contributed by atoms with van der Waals surface area (Å²) in [6.07, 6.45) is 0.846. The van der Waals surface area contributed by atoms with Crippen LogP contribution in [0.3, 0.4) is 0 Å². The molecule has 0 saturated heterocycles. The quantitative estimate of drug-likeness (QED) is 0.713. The molecule has 0 heterocycles. The Balaban J connectivity index is 2.73. The normalized spacial score (nSPS) is 11.6. The lowest BCUT2D eigenvalue weighted by Crippen LogP contribution is -2.43. The molecule has 0 amide bonds. The molecule has 18 heavy (non-hydrogen) atoms. The largest absolute Gasteiger partial charge is 0.500 e. The highest BCUT2D eigenvalue weighted by molar-refractivity contribution is 6.60. The molecule has 0 N–H and O–H groups in total. The van der Waals surface area contributed by atoms with Crippen LogP contribution in [0, 0.1) is 6.92 Å². The summed E-state index contributed by atoms with van der Waals surface area (Å²) in [6, 6.07) is 6.96. The van der Waals surface area contributed by atoms with Gasteiger partial charge in [0.25, 0.3) is 0 Å². The molecule has 5 heteroatoms. The van der Waals surface area contributed by atoms with E-state index in [1.54, 1.807) is 28.4 Å². The van der Waals surface area contributed by atoms with Gasteiger partial charge in [0.2, 0.25) is 0 Å². The van der Waals surface area contributed by atoms with Crippen molar-refractivity contribution in [2.75, 3.05) is 28.4 Å². The Morgan fingerprint density at radius 1 is 1.00 bits per heavy atom. The van der Waals surface area contributed by atoms with E-state index in [0.717, 1.165) is 23.8 Å². The molecule has 0 aliphatic carbocycles. The fourth-order valence-electron chi connectivity index (χ4n) is 1.87. The minimum absolute atomic E-state index is 0.753. The molecular weight excluding hydrogens is 248 g/mol. The van der Waals surface area contributed by atoms with Crippen molar-refractivity contribution in [2.45, 2.75) is 19.4 Å². The highest BCUT2D eigenvalue weighted by Crippen LogP contribution is 2.22. The molecule has 1 aromatic rings. The van der Waals surface area contributed by atoms with Crippen LogP contribution in [-0.2, 0) is 19.7 Å². The van der Waals surface area contributed by atoms with Crippen molar-refractivity contribution in [2.24, 2.45) is 0 Å². The van der Waals surface area contributed by atoms with Crippen molar-refractivity contribution in [1.29, 1.82) is 0 Å². The molecule has 0 aliphatic heterocycles. The van der Waals surface area contributed by atoms with E-state index < -0.39 is 8.80 Å². The summed E-state index contributed by atoms with van der Waals surface area (Å²) in [7, 11) is 4.10. The number of benzene rings is 1. The Labute approximate surface area is 110 Å². The maximum atomic E-state index is 5.40. The molecule has 4 nitrogen and oxygen atoms in total. The van der Waals surface area contributed by atoms with Gasteiger partial charge in [0.05, 0.1) is 7.11 Å². The molecule has 0 aliphatic rings. The van der Waals surface area contributed by atoms with E-state index in [1.165, 1.54) is 5.56 Å². The first-order valence-electron chi connectivity index (χ1n) is 5.89. The van der Waals surface area contributed by atoms with Crippen LogP contribution < -0.4 is 4.74 Å². The highest BCUT2D eigenvalue weighted by Gasteiger charge is 2.37. The second-order valence-corrected chi connectivity index (χ2v) is 7.19. The Morgan fingerprint density at radius 2 is 1.61 bits per heavy atom. The van der Waals surface area contributed by atoms with E-state index in [1.807, 2.05) is 6.92 Å². The van der Waals surface area contributed by atoms with Gasteiger partial charge in [0.15, 0.2) is 0 Å². The van der Waals surface area contributed by atoms with Crippen LogP contribution in [0.5, 0.6) is 5.75 Å². The van der Waals surface area contributed by atoms with Crippen LogP contribution in [0.2, 0.25) is 6.04 Å². The first kappa shape index (κ1) is 15.2. The fourth-order valence-corrected chi connectivity index (χ4v) is 3.58. The van der Waals surface area contributed by atoms with Crippen LogP contribution in [-0.4, -0.2) is 37.2 Å². The van der Waals surface area contributed by atoms with Gasteiger partial charge in [-0.25, -0.2) is 0 Å². The van der Waals surface area contributed by atoms with Gasteiger partial charge in [-0.2, -0.15) is 0 Å². The maximum absolute atomic E-state index is 5.40. The molecule has 0 unspecified atom stereocenters. The van der Waals surface area contributed by atoms with E-state index in [0.29, 0.717) is 0 Å².